The zero-order valence-corrected chi connectivity index (χ0v) is 19.6. The zero-order chi connectivity index (χ0) is 22.8. The molecule has 0 radical (unpaired) electrons. The van der Waals surface area contributed by atoms with Crippen LogP contribution in [0.2, 0.25) is 0 Å². The fourth-order valence-corrected chi connectivity index (χ4v) is 4.48. The summed E-state index contributed by atoms with van der Waals surface area (Å²) in [5.41, 5.74) is 6.34. The first-order valence-corrected chi connectivity index (χ1v) is 12.2. The van der Waals surface area contributed by atoms with Gasteiger partial charge in [-0.25, -0.2) is 0 Å². The van der Waals surface area contributed by atoms with Crippen LogP contribution in [0, 0.1) is 13.8 Å². The van der Waals surface area contributed by atoms with E-state index in [2.05, 4.69) is 82.5 Å². The maximum Gasteiger partial charge on any atom is 0.251 e. The molecule has 1 fully saturated rings. The van der Waals surface area contributed by atoms with Crippen molar-refractivity contribution in [2.75, 3.05) is 0 Å². The van der Waals surface area contributed by atoms with Gasteiger partial charge in [0.1, 0.15) is 0 Å². The second kappa shape index (κ2) is 9.24. The molecule has 0 spiro atoms. The molecule has 3 aromatic carbocycles. The molecule has 1 aliphatic carbocycles. The minimum atomic E-state index is 0.0126. The maximum atomic E-state index is 12.2. The van der Waals surface area contributed by atoms with Crippen LogP contribution in [0.1, 0.15) is 39.9 Å². The molecule has 166 valence electrons. The van der Waals surface area contributed by atoms with Gasteiger partial charge in [-0.05, 0) is 56.5 Å². The average Bonchev–Trinajstić information content (AvgIpc) is 3.55. The lowest BCUT2D eigenvalue weighted by Gasteiger charge is -2.11. The molecule has 1 heterocycles. The number of benzene rings is 3. The number of carbonyl (C=O) groups excluding carboxylic acids is 1. The highest BCUT2D eigenvalue weighted by atomic mass is 32.2. The minimum Gasteiger partial charge on any atom is -0.349 e. The highest BCUT2D eigenvalue weighted by molar-refractivity contribution is 7.98. The number of nitrogens with one attached hydrogen (secondary N) is 1. The smallest absolute Gasteiger partial charge is 0.251 e. The van der Waals surface area contributed by atoms with Crippen molar-refractivity contribution in [3.8, 4) is 17.1 Å². The maximum absolute atomic E-state index is 12.2. The summed E-state index contributed by atoms with van der Waals surface area (Å²) in [7, 11) is 0. The molecule has 4 aromatic rings. The molecule has 1 saturated carbocycles. The Kier molecular flexibility index (Phi) is 6.01. The van der Waals surface area contributed by atoms with Crippen LogP contribution in [0.5, 0.6) is 0 Å². The van der Waals surface area contributed by atoms with Gasteiger partial charge in [0.15, 0.2) is 11.0 Å². The summed E-state index contributed by atoms with van der Waals surface area (Å²) in [5, 5.41) is 12.9. The lowest BCUT2D eigenvalue weighted by Crippen LogP contribution is -2.25. The molecule has 6 heteroatoms. The topological polar surface area (TPSA) is 59.8 Å². The summed E-state index contributed by atoms with van der Waals surface area (Å²) in [6.07, 6.45) is 2.18. The van der Waals surface area contributed by atoms with Crippen molar-refractivity contribution in [2.24, 2.45) is 0 Å². The quantitative estimate of drug-likeness (QED) is 0.362. The average molecular weight is 455 g/mol. The van der Waals surface area contributed by atoms with Crippen LogP contribution in [0.25, 0.3) is 17.1 Å². The molecule has 0 saturated heterocycles. The van der Waals surface area contributed by atoms with Gasteiger partial charge in [0.2, 0.25) is 0 Å². The molecule has 0 aliphatic heterocycles. The lowest BCUT2D eigenvalue weighted by atomic mass is 10.1. The van der Waals surface area contributed by atoms with Crippen LogP contribution in [0.15, 0.2) is 78.0 Å². The second-order valence-electron chi connectivity index (χ2n) is 8.58. The second-order valence-corrected chi connectivity index (χ2v) is 9.52. The number of hydrogen-bond acceptors (Lipinski definition) is 4. The first-order chi connectivity index (χ1) is 16.1. The number of amides is 1. The SMILES string of the molecule is Cc1ccc(-c2nnc(SCc3ccc(C(=O)NC4CC4)cc3)n2-c2ccc(C)cc2)cc1. The van der Waals surface area contributed by atoms with Crippen molar-refractivity contribution in [1.29, 1.82) is 0 Å². The van der Waals surface area contributed by atoms with Crippen molar-refractivity contribution in [2.45, 2.75) is 43.6 Å². The molecule has 33 heavy (non-hydrogen) atoms. The Morgan fingerprint density at radius 1 is 0.909 bits per heavy atom. The number of aromatic nitrogens is 3. The first-order valence-electron chi connectivity index (χ1n) is 11.2. The van der Waals surface area contributed by atoms with Crippen molar-refractivity contribution < 1.29 is 4.79 Å². The largest absolute Gasteiger partial charge is 0.349 e. The lowest BCUT2D eigenvalue weighted by molar-refractivity contribution is 0.0951. The zero-order valence-electron chi connectivity index (χ0n) is 18.8. The standard InChI is InChI=1S/C27H26N4OS/c1-18-3-9-21(10-4-18)25-29-30-27(31(25)24-15-5-19(2)6-16-24)33-17-20-7-11-22(12-8-20)26(32)28-23-13-14-23/h3-12,15-16,23H,13-14,17H2,1-2H3,(H,28,32). The van der Waals surface area contributed by atoms with Crippen LogP contribution in [0.4, 0.5) is 0 Å². The molecule has 0 bridgehead atoms. The summed E-state index contributed by atoms with van der Waals surface area (Å²) in [6.45, 7) is 4.16. The van der Waals surface area contributed by atoms with Gasteiger partial charge < -0.3 is 5.32 Å². The van der Waals surface area contributed by atoms with Gasteiger partial charge in [0.25, 0.3) is 5.91 Å². The molecule has 1 aliphatic rings. The Balaban J connectivity index is 1.39. The summed E-state index contributed by atoms with van der Waals surface area (Å²) < 4.78 is 2.12. The van der Waals surface area contributed by atoms with E-state index >= 15 is 0 Å². The minimum absolute atomic E-state index is 0.0126. The Hall–Kier alpha value is -3.38. The molecule has 5 nitrogen and oxygen atoms in total. The monoisotopic (exact) mass is 454 g/mol. The third-order valence-electron chi connectivity index (χ3n) is 5.73. The molecule has 1 amide bonds. The van der Waals surface area contributed by atoms with E-state index < -0.39 is 0 Å². The van der Waals surface area contributed by atoms with E-state index in [0.717, 1.165) is 46.4 Å². The van der Waals surface area contributed by atoms with Crippen molar-refractivity contribution in [3.05, 3.63) is 95.1 Å². The molecular formula is C27H26N4OS. The fraction of sp³-hybridized carbons (Fsp3) is 0.222. The summed E-state index contributed by atoms with van der Waals surface area (Å²) in [5.74, 6) is 1.58. The van der Waals surface area contributed by atoms with E-state index in [1.807, 2.05) is 24.3 Å². The Morgan fingerprint density at radius 3 is 2.18 bits per heavy atom. The van der Waals surface area contributed by atoms with E-state index in [1.54, 1.807) is 11.8 Å². The summed E-state index contributed by atoms with van der Waals surface area (Å²) >= 11 is 1.64. The highest BCUT2D eigenvalue weighted by Crippen LogP contribution is 2.30. The normalized spacial score (nSPS) is 13.2. The Bertz CT molecular complexity index is 1260. The summed E-state index contributed by atoms with van der Waals surface area (Å²) in [6, 6.07) is 25.0. The van der Waals surface area contributed by atoms with Gasteiger partial charge in [0, 0.05) is 28.6 Å². The number of aryl methyl sites for hydroxylation is 2. The number of rotatable bonds is 7. The van der Waals surface area contributed by atoms with E-state index in [-0.39, 0.29) is 5.91 Å². The predicted molar refractivity (Wildman–Crippen MR) is 133 cm³/mol. The predicted octanol–water partition coefficient (Wildman–Crippen LogP) is 5.74. The number of nitrogens with zero attached hydrogens (tertiary/aromatic N) is 3. The molecular weight excluding hydrogens is 428 g/mol. The van der Waals surface area contributed by atoms with Crippen LogP contribution in [0.3, 0.4) is 0 Å². The molecule has 0 unspecified atom stereocenters. The molecule has 5 rings (SSSR count). The van der Waals surface area contributed by atoms with Gasteiger partial charge >= 0.3 is 0 Å². The van der Waals surface area contributed by atoms with E-state index in [0.29, 0.717) is 11.6 Å². The van der Waals surface area contributed by atoms with Gasteiger partial charge in [-0.2, -0.15) is 0 Å². The molecule has 1 N–H and O–H groups in total. The van der Waals surface area contributed by atoms with Crippen molar-refractivity contribution in [3.63, 3.8) is 0 Å². The van der Waals surface area contributed by atoms with Gasteiger partial charge in [0.05, 0.1) is 0 Å². The number of hydrogen-bond donors (Lipinski definition) is 1. The van der Waals surface area contributed by atoms with E-state index in [9.17, 15) is 4.79 Å². The third-order valence-corrected chi connectivity index (χ3v) is 6.73. The van der Waals surface area contributed by atoms with Crippen LogP contribution in [-0.2, 0) is 5.75 Å². The number of carbonyl (C=O) groups is 1. The first kappa shape index (κ1) is 21.5. The van der Waals surface area contributed by atoms with Gasteiger partial charge in [-0.1, -0.05) is 71.4 Å². The van der Waals surface area contributed by atoms with Crippen LogP contribution in [-0.4, -0.2) is 26.7 Å². The highest BCUT2D eigenvalue weighted by Gasteiger charge is 2.23. The van der Waals surface area contributed by atoms with E-state index in [4.69, 9.17) is 0 Å². The van der Waals surface area contributed by atoms with Gasteiger partial charge in [-0.15, -0.1) is 10.2 Å². The van der Waals surface area contributed by atoms with E-state index in [1.165, 1.54) is 11.1 Å². The Labute approximate surface area is 198 Å². The van der Waals surface area contributed by atoms with Crippen molar-refractivity contribution in [1.82, 2.24) is 20.1 Å². The van der Waals surface area contributed by atoms with Crippen LogP contribution < -0.4 is 5.32 Å². The van der Waals surface area contributed by atoms with Crippen molar-refractivity contribution >= 4 is 17.7 Å². The van der Waals surface area contributed by atoms with Crippen LogP contribution >= 0.6 is 11.8 Å². The third kappa shape index (κ3) is 5.01. The molecule has 0 atom stereocenters. The number of thioether (sulfide) groups is 1. The molecule has 1 aromatic heterocycles. The fourth-order valence-electron chi connectivity index (χ4n) is 3.58. The summed E-state index contributed by atoms with van der Waals surface area (Å²) in [4.78, 5) is 12.2. The Morgan fingerprint density at radius 2 is 1.55 bits per heavy atom. The van der Waals surface area contributed by atoms with Gasteiger partial charge in [-0.3, -0.25) is 9.36 Å².